The van der Waals surface area contributed by atoms with Crippen LogP contribution in [0.25, 0.3) is 11.1 Å². The van der Waals surface area contributed by atoms with Gasteiger partial charge in [0.25, 0.3) is 0 Å². The van der Waals surface area contributed by atoms with Gasteiger partial charge in [-0.2, -0.15) is 0 Å². The molecule has 166 valence electrons. The second kappa shape index (κ2) is 13.2. The van der Waals surface area contributed by atoms with Crippen molar-refractivity contribution in [3.05, 3.63) is 47.5 Å². The van der Waals surface area contributed by atoms with Crippen molar-refractivity contribution < 1.29 is 0 Å². The molecule has 2 unspecified atom stereocenters. The molecule has 0 heteroatoms. The van der Waals surface area contributed by atoms with Crippen LogP contribution in [-0.4, -0.2) is 0 Å². The van der Waals surface area contributed by atoms with Gasteiger partial charge >= 0.3 is 0 Å². The van der Waals surface area contributed by atoms with E-state index >= 15 is 0 Å². The predicted octanol–water partition coefficient (Wildman–Crippen LogP) is 9.99. The van der Waals surface area contributed by atoms with Gasteiger partial charge in [0.1, 0.15) is 0 Å². The number of rotatable bonds is 12. The largest absolute Gasteiger partial charge is 0.0804 e. The molecule has 0 bridgehead atoms. The standard InChI is InChI=1S/C30H46/c1-3-5-6-7-8-9-10-12-26-15-19-28(20-16-26)30-23-21-29(22-24-30)27-17-13-25(11-4-2)14-18-27/h17,19,21-26H,3-16,18,20H2,1-2H3. The van der Waals surface area contributed by atoms with Crippen LogP contribution in [0.2, 0.25) is 0 Å². The van der Waals surface area contributed by atoms with Crippen LogP contribution in [0.15, 0.2) is 36.4 Å². The summed E-state index contributed by atoms with van der Waals surface area (Å²) < 4.78 is 0. The molecule has 30 heavy (non-hydrogen) atoms. The summed E-state index contributed by atoms with van der Waals surface area (Å²) in [6, 6.07) is 9.53. The third kappa shape index (κ3) is 7.44. The third-order valence-electron chi connectivity index (χ3n) is 7.58. The van der Waals surface area contributed by atoms with Crippen LogP contribution in [0.4, 0.5) is 0 Å². The molecule has 0 aromatic heterocycles. The predicted molar refractivity (Wildman–Crippen MR) is 135 cm³/mol. The molecule has 0 spiro atoms. The SMILES string of the molecule is CCCCCCCCCC1CC=C(c2ccc(C3=CCC(CCC)CC3)cc2)CC1. The quantitative estimate of drug-likeness (QED) is 0.303. The van der Waals surface area contributed by atoms with E-state index < -0.39 is 0 Å². The topological polar surface area (TPSA) is 0 Å². The van der Waals surface area contributed by atoms with E-state index in [9.17, 15) is 0 Å². The maximum Gasteiger partial charge on any atom is -0.0227 e. The van der Waals surface area contributed by atoms with Crippen LogP contribution in [0.5, 0.6) is 0 Å². The number of allylic oxidation sites excluding steroid dienone is 4. The van der Waals surface area contributed by atoms with Crippen molar-refractivity contribution in [3.8, 4) is 0 Å². The van der Waals surface area contributed by atoms with Crippen molar-refractivity contribution in [1.29, 1.82) is 0 Å². The summed E-state index contributed by atoms with van der Waals surface area (Å²) in [6.07, 6.45) is 27.2. The van der Waals surface area contributed by atoms with Crippen molar-refractivity contribution in [2.24, 2.45) is 11.8 Å². The lowest BCUT2D eigenvalue weighted by Crippen LogP contribution is -2.06. The zero-order valence-corrected chi connectivity index (χ0v) is 19.9. The van der Waals surface area contributed by atoms with E-state index in [4.69, 9.17) is 0 Å². The Morgan fingerprint density at radius 2 is 1.10 bits per heavy atom. The fourth-order valence-electron chi connectivity index (χ4n) is 5.52. The van der Waals surface area contributed by atoms with Crippen molar-refractivity contribution in [2.75, 3.05) is 0 Å². The summed E-state index contributed by atoms with van der Waals surface area (Å²) in [4.78, 5) is 0. The van der Waals surface area contributed by atoms with Crippen LogP contribution >= 0.6 is 0 Å². The molecule has 0 fully saturated rings. The highest BCUT2D eigenvalue weighted by molar-refractivity contribution is 5.71. The van der Waals surface area contributed by atoms with Crippen LogP contribution < -0.4 is 0 Å². The molecule has 0 aliphatic heterocycles. The fourth-order valence-corrected chi connectivity index (χ4v) is 5.52. The van der Waals surface area contributed by atoms with Crippen molar-refractivity contribution in [1.82, 2.24) is 0 Å². The number of benzene rings is 1. The molecule has 2 atom stereocenters. The van der Waals surface area contributed by atoms with Crippen molar-refractivity contribution in [3.63, 3.8) is 0 Å². The molecule has 0 saturated heterocycles. The fraction of sp³-hybridized carbons (Fsp3) is 0.667. The molecule has 2 aliphatic carbocycles. The molecule has 2 aliphatic rings. The Hall–Kier alpha value is -1.30. The van der Waals surface area contributed by atoms with E-state index in [2.05, 4.69) is 50.3 Å². The lowest BCUT2D eigenvalue weighted by molar-refractivity contribution is 0.422. The van der Waals surface area contributed by atoms with Gasteiger partial charge in [-0.15, -0.1) is 0 Å². The van der Waals surface area contributed by atoms with E-state index in [1.807, 2.05) is 0 Å². The van der Waals surface area contributed by atoms with Crippen LogP contribution in [0.3, 0.4) is 0 Å². The highest BCUT2D eigenvalue weighted by Crippen LogP contribution is 2.35. The van der Waals surface area contributed by atoms with Gasteiger partial charge in [0.15, 0.2) is 0 Å². The van der Waals surface area contributed by atoms with E-state index in [0.29, 0.717) is 0 Å². The molecule has 0 heterocycles. The lowest BCUT2D eigenvalue weighted by atomic mass is 9.82. The Morgan fingerprint density at radius 1 is 0.600 bits per heavy atom. The van der Waals surface area contributed by atoms with E-state index in [1.54, 1.807) is 11.1 Å². The number of hydrogen-bond donors (Lipinski definition) is 0. The Morgan fingerprint density at radius 3 is 1.57 bits per heavy atom. The van der Waals surface area contributed by atoms with E-state index in [0.717, 1.165) is 11.8 Å². The molecule has 1 aromatic rings. The minimum atomic E-state index is 0.930. The molecule has 0 saturated carbocycles. The molecule has 3 rings (SSSR count). The highest BCUT2D eigenvalue weighted by Gasteiger charge is 2.17. The van der Waals surface area contributed by atoms with Gasteiger partial charge in [0.2, 0.25) is 0 Å². The van der Waals surface area contributed by atoms with Crippen LogP contribution in [0, 0.1) is 11.8 Å². The first-order valence-electron chi connectivity index (χ1n) is 13.3. The van der Waals surface area contributed by atoms with E-state index in [1.165, 1.54) is 114 Å². The van der Waals surface area contributed by atoms with Gasteiger partial charge in [0, 0.05) is 0 Å². The summed E-state index contributed by atoms with van der Waals surface area (Å²) in [5, 5.41) is 0. The van der Waals surface area contributed by atoms with Gasteiger partial charge in [-0.1, -0.05) is 114 Å². The minimum absolute atomic E-state index is 0.930. The number of hydrogen-bond acceptors (Lipinski definition) is 0. The summed E-state index contributed by atoms with van der Waals surface area (Å²) in [7, 11) is 0. The zero-order chi connectivity index (χ0) is 21.0. The minimum Gasteiger partial charge on any atom is -0.0804 e. The number of unbranched alkanes of at least 4 members (excludes halogenated alkanes) is 6. The first-order chi connectivity index (χ1) is 14.8. The average Bonchev–Trinajstić information content (AvgIpc) is 2.80. The first kappa shape index (κ1) is 23.4. The van der Waals surface area contributed by atoms with Gasteiger partial charge in [0.05, 0.1) is 0 Å². The smallest absolute Gasteiger partial charge is 0.0227 e. The molecule has 1 aromatic carbocycles. The van der Waals surface area contributed by atoms with Gasteiger partial charge < -0.3 is 0 Å². The maximum atomic E-state index is 2.56. The second-order valence-electron chi connectivity index (χ2n) is 10.0. The lowest BCUT2D eigenvalue weighted by Gasteiger charge is -2.23. The Balaban J connectivity index is 1.41. The average molecular weight is 407 g/mol. The Bertz CT molecular complexity index is 660. The molecule has 0 nitrogen and oxygen atoms in total. The molecule has 0 N–H and O–H groups in total. The van der Waals surface area contributed by atoms with Gasteiger partial charge in [-0.3, -0.25) is 0 Å². The van der Waals surface area contributed by atoms with Crippen molar-refractivity contribution >= 4 is 11.1 Å². The summed E-state index contributed by atoms with van der Waals surface area (Å²) in [5.74, 6) is 1.87. The van der Waals surface area contributed by atoms with Gasteiger partial charge in [-0.25, -0.2) is 0 Å². The third-order valence-corrected chi connectivity index (χ3v) is 7.58. The summed E-state index contributed by atoms with van der Waals surface area (Å²) in [6.45, 7) is 4.62. The summed E-state index contributed by atoms with van der Waals surface area (Å²) in [5.41, 5.74) is 6.11. The van der Waals surface area contributed by atoms with Crippen LogP contribution in [0.1, 0.15) is 128 Å². The van der Waals surface area contributed by atoms with E-state index in [-0.39, 0.29) is 0 Å². The monoisotopic (exact) mass is 406 g/mol. The maximum absolute atomic E-state index is 2.56. The Labute approximate surface area is 187 Å². The first-order valence-corrected chi connectivity index (χ1v) is 13.3. The van der Waals surface area contributed by atoms with Crippen molar-refractivity contribution in [2.45, 2.75) is 117 Å². The molecule has 0 amide bonds. The van der Waals surface area contributed by atoms with Gasteiger partial charge in [-0.05, 0) is 72.6 Å². The molecular formula is C30H46. The second-order valence-corrected chi connectivity index (χ2v) is 10.0. The zero-order valence-electron chi connectivity index (χ0n) is 19.9. The van der Waals surface area contributed by atoms with Crippen LogP contribution in [-0.2, 0) is 0 Å². The highest BCUT2D eigenvalue weighted by atomic mass is 14.2. The molecule has 0 radical (unpaired) electrons. The Kier molecular flexibility index (Phi) is 10.3. The normalized spacial score (nSPS) is 21.9. The molecular weight excluding hydrogens is 360 g/mol. The summed E-state index contributed by atoms with van der Waals surface area (Å²) >= 11 is 0.